The Morgan fingerprint density at radius 1 is 1.27 bits per heavy atom. The fourth-order valence-corrected chi connectivity index (χ4v) is 4.34. The molecule has 0 spiro atoms. The van der Waals surface area contributed by atoms with Crippen LogP contribution in [0.4, 0.5) is 4.39 Å². The number of halogens is 1. The van der Waals surface area contributed by atoms with Crippen molar-refractivity contribution in [3.63, 3.8) is 0 Å². The Kier molecular flexibility index (Phi) is 3.22. The van der Waals surface area contributed by atoms with Crippen LogP contribution in [0.2, 0.25) is 0 Å². The van der Waals surface area contributed by atoms with E-state index in [-0.39, 0.29) is 23.7 Å². The highest BCUT2D eigenvalue weighted by Gasteiger charge is 2.54. The van der Waals surface area contributed by atoms with Gasteiger partial charge in [0.2, 0.25) is 11.9 Å². The second-order valence-electron chi connectivity index (χ2n) is 7.01. The zero-order chi connectivity index (χ0) is 15.3. The molecule has 1 aliphatic heterocycles. The topological polar surface area (TPSA) is 53.4 Å². The molecule has 1 N–H and O–H groups in total. The van der Waals surface area contributed by atoms with E-state index in [1.807, 2.05) is 4.90 Å². The van der Waals surface area contributed by atoms with Gasteiger partial charge < -0.3 is 10.0 Å². The van der Waals surface area contributed by atoms with Gasteiger partial charge in [0.25, 0.3) is 0 Å². The van der Waals surface area contributed by atoms with E-state index < -0.39 is 11.5 Å². The molecule has 2 bridgehead atoms. The summed E-state index contributed by atoms with van der Waals surface area (Å²) in [5.74, 6) is -0.348. The first-order valence-electron chi connectivity index (χ1n) is 8.23. The molecule has 1 aromatic rings. The zero-order valence-electron chi connectivity index (χ0n) is 12.5. The van der Waals surface area contributed by atoms with Gasteiger partial charge in [-0.15, -0.1) is 0 Å². The summed E-state index contributed by atoms with van der Waals surface area (Å²) in [4.78, 5) is 18.0. The molecule has 3 atom stereocenters. The molecule has 3 fully saturated rings. The molecule has 1 saturated heterocycles. The molecule has 22 heavy (non-hydrogen) atoms. The van der Waals surface area contributed by atoms with Crippen LogP contribution in [0.5, 0.6) is 0 Å². The van der Waals surface area contributed by atoms with Gasteiger partial charge in [-0.3, -0.25) is 4.79 Å². The Hall–Kier alpha value is -1.49. The Morgan fingerprint density at radius 2 is 1.95 bits per heavy atom. The third-order valence-corrected chi connectivity index (χ3v) is 5.66. The molecular weight excluding hydrogens is 283 g/mol. The number of hydrogen-bond acceptors (Lipinski definition) is 3. The molecule has 0 radical (unpaired) electrons. The molecule has 1 aromatic heterocycles. The maximum Gasteiger partial charge on any atom is 0.225 e. The first-order valence-corrected chi connectivity index (χ1v) is 8.23. The van der Waals surface area contributed by atoms with Crippen LogP contribution in [0.1, 0.15) is 37.7 Å². The number of aromatic nitrogens is 1. The summed E-state index contributed by atoms with van der Waals surface area (Å²) >= 11 is 0. The molecule has 1 unspecified atom stereocenters. The lowest BCUT2D eigenvalue weighted by atomic mass is 9.62. The third kappa shape index (κ3) is 2.06. The summed E-state index contributed by atoms with van der Waals surface area (Å²) in [6.07, 6.45) is 6.08. The number of nitrogens with zero attached hydrogens (tertiary/aromatic N) is 2. The van der Waals surface area contributed by atoms with E-state index in [0.29, 0.717) is 18.7 Å². The number of likely N-dealkylation sites (tertiary alicyclic amines) is 1. The number of amides is 1. The maximum absolute atomic E-state index is 14.2. The van der Waals surface area contributed by atoms with Gasteiger partial charge in [-0.1, -0.05) is 12.5 Å². The molecule has 0 aromatic carbocycles. The van der Waals surface area contributed by atoms with Crippen molar-refractivity contribution in [2.75, 3.05) is 13.1 Å². The van der Waals surface area contributed by atoms with Crippen LogP contribution in [0.25, 0.3) is 0 Å². The number of hydrogen-bond donors (Lipinski definition) is 1. The zero-order valence-corrected chi connectivity index (χ0v) is 12.5. The minimum atomic E-state index is -1.18. The van der Waals surface area contributed by atoms with Gasteiger partial charge in [-0.25, -0.2) is 4.98 Å². The van der Waals surface area contributed by atoms with Crippen LogP contribution in [-0.4, -0.2) is 34.0 Å². The van der Waals surface area contributed by atoms with Crippen LogP contribution in [0.3, 0.4) is 0 Å². The van der Waals surface area contributed by atoms with E-state index >= 15 is 0 Å². The van der Waals surface area contributed by atoms with E-state index in [2.05, 4.69) is 4.98 Å². The van der Waals surface area contributed by atoms with Crippen molar-refractivity contribution in [3.05, 3.63) is 29.8 Å². The Balaban J connectivity index is 1.67. The van der Waals surface area contributed by atoms with Crippen molar-refractivity contribution >= 4 is 5.91 Å². The van der Waals surface area contributed by atoms with Gasteiger partial charge in [0.15, 0.2) is 0 Å². The highest BCUT2D eigenvalue weighted by molar-refractivity contribution is 5.81. The van der Waals surface area contributed by atoms with Gasteiger partial charge in [0, 0.05) is 42.6 Å². The highest BCUT2D eigenvalue weighted by atomic mass is 19.1. The van der Waals surface area contributed by atoms with E-state index in [1.165, 1.54) is 6.20 Å². The minimum absolute atomic E-state index is 0.0959. The Bertz CT molecular complexity index is 588. The number of aliphatic hydroxyl groups is 1. The van der Waals surface area contributed by atoms with Gasteiger partial charge in [0.1, 0.15) is 5.60 Å². The average Bonchev–Trinajstić information content (AvgIpc) is 3.31. The summed E-state index contributed by atoms with van der Waals surface area (Å²) in [6.45, 7) is 1.08. The van der Waals surface area contributed by atoms with Gasteiger partial charge in [0.05, 0.1) is 0 Å². The van der Waals surface area contributed by atoms with Crippen LogP contribution >= 0.6 is 0 Å². The monoisotopic (exact) mass is 304 g/mol. The van der Waals surface area contributed by atoms with Crippen molar-refractivity contribution in [2.45, 2.75) is 37.7 Å². The van der Waals surface area contributed by atoms with Crippen molar-refractivity contribution in [2.24, 2.45) is 17.8 Å². The predicted octanol–water partition coefficient (Wildman–Crippen LogP) is 2.08. The lowest BCUT2D eigenvalue weighted by Gasteiger charge is -2.53. The molecule has 5 heteroatoms. The van der Waals surface area contributed by atoms with Crippen molar-refractivity contribution in [1.29, 1.82) is 0 Å². The molecule has 4 rings (SSSR count). The molecule has 2 saturated carbocycles. The molecule has 118 valence electrons. The number of fused-ring (bicyclic) bond motifs is 2. The minimum Gasteiger partial charge on any atom is -0.384 e. The molecule has 2 aliphatic carbocycles. The number of piperidine rings is 1. The van der Waals surface area contributed by atoms with E-state index in [1.54, 1.807) is 12.1 Å². The molecule has 3 aliphatic rings. The lowest BCUT2D eigenvalue weighted by molar-refractivity contribution is -0.165. The SMILES string of the molecule is O=C(C1CC1)N1C[C@H]2CCC[C@@H](C1)C2(O)c1cccnc1F. The maximum atomic E-state index is 14.2. The van der Waals surface area contributed by atoms with Crippen LogP contribution in [-0.2, 0) is 10.4 Å². The van der Waals surface area contributed by atoms with Crippen LogP contribution in [0, 0.1) is 23.7 Å². The van der Waals surface area contributed by atoms with Crippen LogP contribution in [0.15, 0.2) is 18.3 Å². The summed E-state index contributed by atoms with van der Waals surface area (Å²) < 4.78 is 14.2. The van der Waals surface area contributed by atoms with Crippen molar-refractivity contribution in [1.82, 2.24) is 9.88 Å². The normalized spacial score (nSPS) is 34.5. The molecule has 2 heterocycles. The fraction of sp³-hybridized carbons (Fsp3) is 0.647. The quantitative estimate of drug-likeness (QED) is 0.851. The molecular formula is C17H21FN2O2. The average molecular weight is 304 g/mol. The summed E-state index contributed by atoms with van der Waals surface area (Å²) in [6, 6.07) is 3.32. The molecule has 1 amide bonds. The summed E-state index contributed by atoms with van der Waals surface area (Å²) in [7, 11) is 0. The highest BCUT2D eigenvalue weighted by Crippen LogP contribution is 2.50. The predicted molar refractivity (Wildman–Crippen MR) is 78.2 cm³/mol. The third-order valence-electron chi connectivity index (χ3n) is 5.66. The second-order valence-corrected chi connectivity index (χ2v) is 7.01. The lowest BCUT2D eigenvalue weighted by Crippen LogP contribution is -2.59. The first-order chi connectivity index (χ1) is 10.6. The van der Waals surface area contributed by atoms with E-state index in [9.17, 15) is 14.3 Å². The largest absolute Gasteiger partial charge is 0.384 e. The molecule has 4 nitrogen and oxygen atoms in total. The number of carbonyl (C=O) groups excluding carboxylic acids is 1. The van der Waals surface area contributed by atoms with Gasteiger partial charge in [-0.2, -0.15) is 4.39 Å². The van der Waals surface area contributed by atoms with Crippen LogP contribution < -0.4 is 0 Å². The number of rotatable bonds is 2. The van der Waals surface area contributed by atoms with Crippen molar-refractivity contribution < 1.29 is 14.3 Å². The summed E-state index contributed by atoms with van der Waals surface area (Å²) in [5.41, 5.74) is -0.875. The fourth-order valence-electron chi connectivity index (χ4n) is 4.34. The number of pyridine rings is 1. The van der Waals surface area contributed by atoms with Gasteiger partial charge in [-0.05, 0) is 31.7 Å². The first kappa shape index (κ1) is 14.1. The smallest absolute Gasteiger partial charge is 0.225 e. The Morgan fingerprint density at radius 3 is 2.55 bits per heavy atom. The van der Waals surface area contributed by atoms with E-state index in [4.69, 9.17) is 0 Å². The second kappa shape index (κ2) is 5.01. The van der Waals surface area contributed by atoms with E-state index in [0.717, 1.165) is 32.1 Å². The summed E-state index contributed by atoms with van der Waals surface area (Å²) in [5, 5.41) is 11.3. The number of carbonyl (C=O) groups is 1. The Labute approximate surface area is 129 Å². The standard InChI is InChI=1S/C17H21FN2O2/c18-15-14(5-2-8-19-15)17(22)12-3-1-4-13(17)10-20(9-12)16(21)11-6-7-11/h2,5,8,11-13,22H,1,3-4,6-7,9-10H2/t12-,13+,17?. The van der Waals surface area contributed by atoms with Gasteiger partial charge >= 0.3 is 0 Å². The van der Waals surface area contributed by atoms with Crippen molar-refractivity contribution in [3.8, 4) is 0 Å².